The van der Waals surface area contributed by atoms with Crippen molar-refractivity contribution in [1.29, 1.82) is 0 Å². The van der Waals surface area contributed by atoms with Crippen molar-refractivity contribution in [1.82, 2.24) is 10.3 Å². The normalized spacial score (nSPS) is 12.1. The minimum atomic E-state index is -4.68. The van der Waals surface area contributed by atoms with E-state index in [0.717, 1.165) is 23.8 Å². The molecule has 1 amide bonds. The molecule has 46 heavy (non-hydrogen) atoms. The number of benzene rings is 3. The van der Waals surface area contributed by atoms with Gasteiger partial charge >= 0.3 is 18.3 Å². The third-order valence-electron chi connectivity index (χ3n) is 7.24. The Morgan fingerprint density at radius 2 is 1.41 bits per heavy atom. The van der Waals surface area contributed by atoms with E-state index in [2.05, 4.69) is 15.6 Å². The van der Waals surface area contributed by atoms with Gasteiger partial charge in [-0.15, -0.1) is 0 Å². The zero-order valence-electron chi connectivity index (χ0n) is 25.1. The number of amides is 1. The maximum Gasteiger partial charge on any atom is 0.417 e. The van der Waals surface area contributed by atoms with Crippen molar-refractivity contribution in [3.63, 3.8) is 0 Å². The SMILES string of the molecule is CC(C)(C)c1ccc(-c2ccc(NCc3ccc(C(F)(F)F)cc3-c3ccc(C(=O)NCCC(=O)O)nc3)cc2C(F)(F)F)cc1. The monoisotopic (exact) mass is 643 g/mol. The Morgan fingerprint density at radius 3 is 1.98 bits per heavy atom. The predicted octanol–water partition coefficient (Wildman–Crippen LogP) is 8.57. The van der Waals surface area contributed by atoms with Crippen LogP contribution in [0.1, 0.15) is 59.9 Å². The summed E-state index contributed by atoms with van der Waals surface area (Å²) in [6.45, 7) is 5.75. The second-order valence-electron chi connectivity index (χ2n) is 11.6. The summed E-state index contributed by atoms with van der Waals surface area (Å²) in [5.41, 5.74) is 0.0888. The number of carbonyl (C=O) groups is 2. The topological polar surface area (TPSA) is 91.3 Å². The van der Waals surface area contributed by atoms with Gasteiger partial charge < -0.3 is 15.7 Å². The fourth-order valence-electron chi connectivity index (χ4n) is 4.72. The molecule has 3 N–H and O–H groups in total. The van der Waals surface area contributed by atoms with Gasteiger partial charge in [-0.3, -0.25) is 14.6 Å². The molecule has 6 nitrogen and oxygen atoms in total. The van der Waals surface area contributed by atoms with Crippen molar-refractivity contribution < 1.29 is 41.0 Å². The van der Waals surface area contributed by atoms with E-state index in [1.807, 2.05) is 20.8 Å². The molecule has 0 aliphatic heterocycles. The quantitative estimate of drug-likeness (QED) is 0.159. The van der Waals surface area contributed by atoms with Crippen molar-refractivity contribution in [3.8, 4) is 22.3 Å². The van der Waals surface area contributed by atoms with Crippen LogP contribution < -0.4 is 10.6 Å². The average Bonchev–Trinajstić information content (AvgIpc) is 2.98. The van der Waals surface area contributed by atoms with E-state index in [-0.39, 0.29) is 53.0 Å². The summed E-state index contributed by atoms with van der Waals surface area (Å²) in [5, 5.41) is 14.0. The van der Waals surface area contributed by atoms with Gasteiger partial charge in [0, 0.05) is 30.5 Å². The van der Waals surface area contributed by atoms with Crippen molar-refractivity contribution >= 4 is 17.6 Å². The number of carboxylic acid groups (broad SMARTS) is 1. The molecule has 4 aromatic rings. The number of aromatic nitrogens is 1. The van der Waals surface area contributed by atoms with E-state index in [4.69, 9.17) is 5.11 Å². The maximum atomic E-state index is 14.2. The molecule has 0 unspecified atom stereocenters. The first-order valence-corrected chi connectivity index (χ1v) is 14.2. The van der Waals surface area contributed by atoms with Crippen LogP contribution in [0.2, 0.25) is 0 Å². The van der Waals surface area contributed by atoms with Gasteiger partial charge in [0.1, 0.15) is 5.69 Å². The molecule has 0 bridgehead atoms. The number of halogens is 6. The van der Waals surface area contributed by atoms with Gasteiger partial charge in [0.05, 0.1) is 17.5 Å². The molecule has 0 saturated heterocycles. The summed E-state index contributed by atoms with van der Waals surface area (Å²) in [4.78, 5) is 26.9. The van der Waals surface area contributed by atoms with Crippen LogP contribution in [0.25, 0.3) is 22.3 Å². The molecule has 1 aromatic heterocycles. The fraction of sp³-hybridized carbons (Fsp3) is 0.265. The predicted molar refractivity (Wildman–Crippen MR) is 162 cm³/mol. The maximum absolute atomic E-state index is 14.2. The molecule has 242 valence electrons. The van der Waals surface area contributed by atoms with Crippen LogP contribution in [0.15, 0.2) is 79.0 Å². The highest BCUT2D eigenvalue weighted by Crippen LogP contribution is 2.40. The number of anilines is 1. The van der Waals surface area contributed by atoms with E-state index in [1.54, 1.807) is 24.3 Å². The van der Waals surface area contributed by atoms with Crippen LogP contribution >= 0.6 is 0 Å². The Kier molecular flexibility index (Phi) is 9.79. The number of hydrogen-bond acceptors (Lipinski definition) is 4. The molecule has 0 spiro atoms. The van der Waals surface area contributed by atoms with Gasteiger partial charge in [-0.1, -0.05) is 63.2 Å². The summed E-state index contributed by atoms with van der Waals surface area (Å²) >= 11 is 0. The Labute approximate surface area is 261 Å². The summed E-state index contributed by atoms with van der Waals surface area (Å²) in [5.74, 6) is -1.77. The van der Waals surface area contributed by atoms with Crippen molar-refractivity contribution in [2.45, 2.75) is 51.5 Å². The van der Waals surface area contributed by atoms with E-state index >= 15 is 0 Å². The standard InChI is InChI=1S/C34H31F6N3O3/c1-32(2,3)23-8-4-20(5-9-23)26-12-11-25(17-28(26)34(38,39)40)42-18-21-6-10-24(33(35,36)37)16-27(21)22-7-13-29(43-19-22)31(46)41-15-14-30(44)45/h4-13,16-17,19,42H,14-15,18H2,1-3H3,(H,41,46)(H,44,45). The lowest BCUT2D eigenvalue weighted by atomic mass is 9.86. The van der Waals surface area contributed by atoms with Gasteiger partial charge in [0.2, 0.25) is 0 Å². The zero-order chi connectivity index (χ0) is 33.9. The van der Waals surface area contributed by atoms with E-state index in [9.17, 15) is 35.9 Å². The summed E-state index contributed by atoms with van der Waals surface area (Å²) in [6.07, 6.45) is -8.45. The van der Waals surface area contributed by atoms with Gasteiger partial charge in [-0.05, 0) is 63.6 Å². The van der Waals surface area contributed by atoms with Crippen LogP contribution in [0.3, 0.4) is 0 Å². The summed E-state index contributed by atoms with van der Waals surface area (Å²) < 4.78 is 83.3. The number of aliphatic carboxylic acids is 1. The number of nitrogens with zero attached hydrogens (tertiary/aromatic N) is 1. The van der Waals surface area contributed by atoms with Crippen LogP contribution in [-0.2, 0) is 29.1 Å². The molecule has 0 atom stereocenters. The minimum absolute atomic E-state index is 0.00751. The molecule has 0 aliphatic rings. The van der Waals surface area contributed by atoms with E-state index in [1.165, 1.54) is 36.5 Å². The molecule has 4 rings (SSSR count). The molecule has 3 aromatic carbocycles. The minimum Gasteiger partial charge on any atom is -0.481 e. The Morgan fingerprint density at radius 1 is 0.761 bits per heavy atom. The largest absolute Gasteiger partial charge is 0.481 e. The Balaban J connectivity index is 1.62. The molecule has 0 fully saturated rings. The number of nitrogens with one attached hydrogen (secondary N) is 2. The van der Waals surface area contributed by atoms with Crippen molar-refractivity contribution in [2.75, 3.05) is 11.9 Å². The van der Waals surface area contributed by atoms with Gasteiger partial charge in [-0.2, -0.15) is 26.3 Å². The molecule has 0 aliphatic carbocycles. The number of rotatable bonds is 9. The van der Waals surface area contributed by atoms with Gasteiger partial charge in [0.15, 0.2) is 0 Å². The summed E-state index contributed by atoms with van der Waals surface area (Å²) in [7, 11) is 0. The molecular weight excluding hydrogens is 612 g/mol. The third kappa shape index (κ3) is 8.43. The smallest absolute Gasteiger partial charge is 0.417 e. The molecule has 0 radical (unpaired) electrons. The lowest BCUT2D eigenvalue weighted by Crippen LogP contribution is -2.26. The highest BCUT2D eigenvalue weighted by Gasteiger charge is 2.34. The van der Waals surface area contributed by atoms with Crippen LogP contribution in [-0.4, -0.2) is 28.5 Å². The van der Waals surface area contributed by atoms with E-state index in [0.29, 0.717) is 11.1 Å². The lowest BCUT2D eigenvalue weighted by molar-refractivity contribution is -0.138. The first-order chi connectivity index (χ1) is 21.4. The third-order valence-corrected chi connectivity index (χ3v) is 7.24. The van der Waals surface area contributed by atoms with Crippen LogP contribution in [0.5, 0.6) is 0 Å². The average molecular weight is 644 g/mol. The second-order valence-corrected chi connectivity index (χ2v) is 11.6. The zero-order valence-corrected chi connectivity index (χ0v) is 25.1. The van der Waals surface area contributed by atoms with Crippen LogP contribution in [0, 0.1) is 0 Å². The van der Waals surface area contributed by atoms with E-state index < -0.39 is 35.4 Å². The highest BCUT2D eigenvalue weighted by molar-refractivity contribution is 5.92. The van der Waals surface area contributed by atoms with Crippen molar-refractivity contribution in [3.05, 3.63) is 107 Å². The number of alkyl halides is 6. The first-order valence-electron chi connectivity index (χ1n) is 14.2. The fourth-order valence-corrected chi connectivity index (χ4v) is 4.72. The molecule has 0 saturated carbocycles. The molecular formula is C34H31F6N3O3. The number of carbonyl (C=O) groups excluding carboxylic acids is 1. The number of hydrogen-bond donors (Lipinski definition) is 3. The number of carboxylic acids is 1. The lowest BCUT2D eigenvalue weighted by Gasteiger charge is -2.20. The van der Waals surface area contributed by atoms with Gasteiger partial charge in [-0.25, -0.2) is 0 Å². The molecule has 12 heteroatoms. The summed E-state index contributed by atoms with van der Waals surface area (Å²) in [6, 6.07) is 16.4. The van der Waals surface area contributed by atoms with Crippen molar-refractivity contribution in [2.24, 2.45) is 0 Å². The first kappa shape index (κ1) is 34.0. The highest BCUT2D eigenvalue weighted by atomic mass is 19.4. The van der Waals surface area contributed by atoms with Gasteiger partial charge in [0.25, 0.3) is 5.91 Å². The second kappa shape index (κ2) is 13.2. The van der Waals surface area contributed by atoms with Crippen LogP contribution in [0.4, 0.5) is 32.0 Å². The number of pyridine rings is 1. The Bertz CT molecular complexity index is 1710. The molecule has 1 heterocycles. The Hall–Kier alpha value is -4.87.